The third kappa shape index (κ3) is 4.42. The van der Waals surface area contributed by atoms with E-state index in [-0.39, 0.29) is 6.04 Å². The third-order valence-electron chi connectivity index (χ3n) is 4.18. The van der Waals surface area contributed by atoms with Crippen LogP contribution in [0.1, 0.15) is 36.4 Å². The molecule has 2 atom stereocenters. The van der Waals surface area contributed by atoms with Crippen molar-refractivity contribution in [3.8, 4) is 0 Å². The second-order valence-corrected chi connectivity index (χ2v) is 8.39. The van der Waals surface area contributed by atoms with E-state index in [4.69, 9.17) is 17.3 Å². The predicted octanol–water partition coefficient (Wildman–Crippen LogP) is 2.71. The van der Waals surface area contributed by atoms with E-state index in [0.29, 0.717) is 24.0 Å². The topological polar surface area (TPSA) is 63.4 Å². The van der Waals surface area contributed by atoms with Gasteiger partial charge in [0.05, 0.1) is 6.26 Å². The highest BCUT2D eigenvalue weighted by Gasteiger charge is 2.27. The van der Waals surface area contributed by atoms with Crippen molar-refractivity contribution in [2.45, 2.75) is 32.2 Å². The summed E-state index contributed by atoms with van der Waals surface area (Å²) in [4.78, 5) is 0. The number of hydrogen-bond donors (Lipinski definition) is 1. The van der Waals surface area contributed by atoms with Crippen molar-refractivity contribution in [3.05, 3.63) is 34.3 Å². The quantitative estimate of drug-likeness (QED) is 0.923. The Labute approximate surface area is 132 Å². The Kier molecular flexibility index (Phi) is 5.30. The molecule has 1 fully saturated rings. The van der Waals surface area contributed by atoms with Crippen LogP contribution in [-0.4, -0.2) is 32.1 Å². The van der Waals surface area contributed by atoms with Gasteiger partial charge < -0.3 is 5.73 Å². The molecule has 0 aliphatic carbocycles. The van der Waals surface area contributed by atoms with Crippen LogP contribution in [0, 0.1) is 12.8 Å². The van der Waals surface area contributed by atoms with E-state index in [1.54, 1.807) is 4.31 Å². The van der Waals surface area contributed by atoms with Gasteiger partial charge in [0.25, 0.3) is 0 Å². The van der Waals surface area contributed by atoms with Gasteiger partial charge in [0.15, 0.2) is 0 Å². The molecule has 1 aromatic carbocycles. The van der Waals surface area contributed by atoms with Crippen molar-refractivity contribution in [1.29, 1.82) is 0 Å². The van der Waals surface area contributed by atoms with Crippen LogP contribution < -0.4 is 5.73 Å². The summed E-state index contributed by atoms with van der Waals surface area (Å²) in [5.74, 6) is 0.307. The number of halogens is 1. The minimum atomic E-state index is -3.10. The molecule has 0 radical (unpaired) electrons. The number of piperidine rings is 1. The zero-order chi connectivity index (χ0) is 15.6. The fraction of sp³-hybridized carbons (Fsp3) is 0.600. The Morgan fingerprint density at radius 2 is 2.19 bits per heavy atom. The first-order valence-corrected chi connectivity index (χ1v) is 9.46. The molecule has 0 aromatic heterocycles. The van der Waals surface area contributed by atoms with Crippen LogP contribution in [0.25, 0.3) is 0 Å². The van der Waals surface area contributed by atoms with Gasteiger partial charge in [-0.05, 0) is 55.4 Å². The largest absolute Gasteiger partial charge is 0.324 e. The van der Waals surface area contributed by atoms with Crippen molar-refractivity contribution in [2.75, 3.05) is 19.3 Å². The van der Waals surface area contributed by atoms with Gasteiger partial charge in [0, 0.05) is 24.2 Å². The molecule has 4 nitrogen and oxygen atoms in total. The first-order valence-electron chi connectivity index (χ1n) is 7.24. The van der Waals surface area contributed by atoms with Gasteiger partial charge in [-0.15, -0.1) is 0 Å². The average Bonchev–Trinajstić information content (AvgIpc) is 2.41. The van der Waals surface area contributed by atoms with Gasteiger partial charge in [0.1, 0.15) is 0 Å². The summed E-state index contributed by atoms with van der Waals surface area (Å²) in [6.45, 7) is 3.22. The molecule has 1 aromatic rings. The molecule has 1 aliphatic heterocycles. The molecular weight excluding hydrogens is 308 g/mol. The van der Waals surface area contributed by atoms with Crippen molar-refractivity contribution in [1.82, 2.24) is 4.31 Å². The van der Waals surface area contributed by atoms with E-state index in [9.17, 15) is 8.42 Å². The van der Waals surface area contributed by atoms with Gasteiger partial charge in [-0.2, -0.15) is 0 Å². The smallest absolute Gasteiger partial charge is 0.211 e. The first kappa shape index (κ1) is 16.7. The predicted molar refractivity (Wildman–Crippen MR) is 86.9 cm³/mol. The molecule has 21 heavy (non-hydrogen) atoms. The Morgan fingerprint density at radius 1 is 1.48 bits per heavy atom. The minimum absolute atomic E-state index is 0.104. The average molecular weight is 331 g/mol. The Bertz CT molecular complexity index is 604. The summed E-state index contributed by atoms with van der Waals surface area (Å²) in [6, 6.07) is 5.65. The van der Waals surface area contributed by atoms with Crippen LogP contribution in [0.3, 0.4) is 0 Å². The van der Waals surface area contributed by atoms with E-state index in [2.05, 4.69) is 0 Å². The molecule has 0 saturated carbocycles. The standard InChI is InChI=1S/C15H23ClN2O2S/c1-11-5-6-13(16)9-14(11)15(17)8-12-4-3-7-18(10-12)21(2,19)20/h5-6,9,12,15H,3-4,7-8,10,17H2,1-2H3. The van der Waals surface area contributed by atoms with E-state index in [1.165, 1.54) is 6.26 Å². The van der Waals surface area contributed by atoms with Crippen LogP contribution in [0.2, 0.25) is 5.02 Å². The fourth-order valence-corrected chi connectivity index (χ4v) is 4.14. The van der Waals surface area contributed by atoms with Crippen LogP contribution in [0.5, 0.6) is 0 Å². The van der Waals surface area contributed by atoms with Crippen LogP contribution in [-0.2, 0) is 10.0 Å². The number of nitrogens with zero attached hydrogens (tertiary/aromatic N) is 1. The lowest BCUT2D eigenvalue weighted by atomic mass is 9.88. The highest BCUT2D eigenvalue weighted by molar-refractivity contribution is 7.88. The Morgan fingerprint density at radius 3 is 2.86 bits per heavy atom. The number of aryl methyl sites for hydroxylation is 1. The van der Waals surface area contributed by atoms with E-state index >= 15 is 0 Å². The number of sulfonamides is 1. The highest BCUT2D eigenvalue weighted by atomic mass is 35.5. The van der Waals surface area contributed by atoms with Crippen molar-refractivity contribution < 1.29 is 8.42 Å². The molecular formula is C15H23ClN2O2S. The summed E-state index contributed by atoms with van der Waals surface area (Å²) >= 11 is 6.04. The lowest BCUT2D eigenvalue weighted by molar-refractivity contribution is 0.247. The van der Waals surface area contributed by atoms with E-state index < -0.39 is 10.0 Å². The molecule has 1 heterocycles. The maximum atomic E-state index is 11.7. The number of hydrogen-bond acceptors (Lipinski definition) is 3. The van der Waals surface area contributed by atoms with Crippen molar-refractivity contribution in [3.63, 3.8) is 0 Å². The fourth-order valence-electron chi connectivity index (χ4n) is 3.02. The number of nitrogens with two attached hydrogens (primary N) is 1. The molecule has 1 saturated heterocycles. The maximum absolute atomic E-state index is 11.7. The second-order valence-electron chi connectivity index (χ2n) is 5.97. The maximum Gasteiger partial charge on any atom is 0.211 e. The molecule has 0 bridgehead atoms. The van der Waals surface area contributed by atoms with Crippen molar-refractivity contribution >= 4 is 21.6 Å². The lowest BCUT2D eigenvalue weighted by Crippen LogP contribution is -2.40. The zero-order valence-corrected chi connectivity index (χ0v) is 14.1. The molecule has 1 aliphatic rings. The third-order valence-corrected chi connectivity index (χ3v) is 5.68. The van der Waals surface area contributed by atoms with Crippen LogP contribution >= 0.6 is 11.6 Å². The molecule has 118 valence electrons. The van der Waals surface area contributed by atoms with E-state index in [0.717, 1.165) is 30.4 Å². The van der Waals surface area contributed by atoms with Gasteiger partial charge in [-0.1, -0.05) is 17.7 Å². The SMILES string of the molecule is Cc1ccc(Cl)cc1C(N)CC1CCCN(S(C)(=O)=O)C1. The van der Waals surface area contributed by atoms with Gasteiger partial charge in [-0.3, -0.25) is 0 Å². The molecule has 0 amide bonds. The van der Waals surface area contributed by atoms with E-state index in [1.807, 2.05) is 25.1 Å². The lowest BCUT2D eigenvalue weighted by Gasteiger charge is -2.32. The number of benzene rings is 1. The van der Waals surface area contributed by atoms with Gasteiger partial charge >= 0.3 is 0 Å². The summed E-state index contributed by atoms with van der Waals surface area (Å²) in [5, 5.41) is 0.687. The molecule has 2 N–H and O–H groups in total. The monoisotopic (exact) mass is 330 g/mol. The van der Waals surface area contributed by atoms with Gasteiger partial charge in [0.2, 0.25) is 10.0 Å². The Balaban J connectivity index is 2.05. The minimum Gasteiger partial charge on any atom is -0.324 e. The van der Waals surface area contributed by atoms with Crippen LogP contribution in [0.4, 0.5) is 0 Å². The highest BCUT2D eigenvalue weighted by Crippen LogP contribution is 2.29. The molecule has 6 heteroatoms. The summed E-state index contributed by atoms with van der Waals surface area (Å²) in [7, 11) is -3.10. The normalized spacial score (nSPS) is 22.2. The molecule has 2 unspecified atom stereocenters. The van der Waals surface area contributed by atoms with Gasteiger partial charge in [-0.25, -0.2) is 12.7 Å². The zero-order valence-electron chi connectivity index (χ0n) is 12.5. The van der Waals surface area contributed by atoms with Crippen molar-refractivity contribution in [2.24, 2.45) is 11.7 Å². The van der Waals surface area contributed by atoms with Crippen LogP contribution in [0.15, 0.2) is 18.2 Å². The molecule has 0 spiro atoms. The second kappa shape index (κ2) is 6.65. The summed E-state index contributed by atoms with van der Waals surface area (Å²) in [5.41, 5.74) is 8.51. The molecule has 2 rings (SSSR count). The summed E-state index contributed by atoms with van der Waals surface area (Å²) < 4.78 is 24.9. The number of rotatable bonds is 4. The summed E-state index contributed by atoms with van der Waals surface area (Å²) in [6.07, 6.45) is 3.99. The Hall–Kier alpha value is -0.620. The first-order chi connectivity index (χ1) is 9.77.